The fraction of sp³-hybridized carbons (Fsp3) is 0.533. The minimum atomic E-state index is -0.387. The fourth-order valence-corrected chi connectivity index (χ4v) is 2.51. The summed E-state index contributed by atoms with van der Waals surface area (Å²) in [5, 5.41) is 14.2. The van der Waals surface area contributed by atoms with Crippen LogP contribution in [-0.2, 0) is 9.53 Å². The van der Waals surface area contributed by atoms with Crippen LogP contribution in [-0.4, -0.2) is 37.1 Å². The molecule has 1 N–H and O–H groups in total. The summed E-state index contributed by atoms with van der Waals surface area (Å²) in [5.41, 5.74) is 1.58. The number of ether oxygens (including phenoxy) is 1. The predicted octanol–water partition coefficient (Wildman–Crippen LogP) is 2.56. The molecule has 1 aliphatic heterocycles. The van der Waals surface area contributed by atoms with Crippen LogP contribution in [0.5, 0.6) is 0 Å². The number of anilines is 2. The van der Waals surface area contributed by atoms with E-state index in [1.54, 1.807) is 12.1 Å². The van der Waals surface area contributed by atoms with Crippen molar-refractivity contribution in [3.8, 4) is 0 Å². The second-order valence-electron chi connectivity index (χ2n) is 5.27. The number of nitrogens with one attached hydrogen (secondary N) is 1. The van der Waals surface area contributed by atoms with Crippen LogP contribution >= 0.6 is 0 Å². The van der Waals surface area contributed by atoms with Gasteiger partial charge in [0.15, 0.2) is 0 Å². The molecule has 7 nitrogen and oxygen atoms in total. The number of nitrogens with zero attached hydrogens (tertiary/aromatic N) is 2. The SMILES string of the molecule is CC(=O)OCCCNc1cc(N2CCCC2)ccc1[N+](=O)[O-]. The van der Waals surface area contributed by atoms with E-state index >= 15 is 0 Å². The Labute approximate surface area is 129 Å². The molecule has 0 aliphatic carbocycles. The van der Waals surface area contributed by atoms with Gasteiger partial charge in [0.2, 0.25) is 0 Å². The quantitative estimate of drug-likeness (QED) is 0.361. The zero-order valence-corrected chi connectivity index (χ0v) is 12.7. The van der Waals surface area contributed by atoms with E-state index in [4.69, 9.17) is 4.74 Å². The Morgan fingerprint density at radius 3 is 2.77 bits per heavy atom. The zero-order chi connectivity index (χ0) is 15.9. The molecule has 1 aromatic rings. The standard InChI is InChI=1S/C15H21N3O4/c1-12(19)22-10-4-7-16-14-11-13(17-8-2-3-9-17)5-6-15(14)18(20)21/h5-6,11,16H,2-4,7-10H2,1H3. The minimum Gasteiger partial charge on any atom is -0.466 e. The Morgan fingerprint density at radius 1 is 1.41 bits per heavy atom. The topological polar surface area (TPSA) is 84.7 Å². The van der Waals surface area contributed by atoms with Crippen LogP contribution in [0.3, 0.4) is 0 Å². The lowest BCUT2D eigenvalue weighted by Gasteiger charge is -2.18. The normalized spacial score (nSPS) is 14.0. The molecule has 0 aromatic heterocycles. The number of benzene rings is 1. The number of nitro groups is 1. The average Bonchev–Trinajstić information content (AvgIpc) is 3.00. The molecule has 120 valence electrons. The first-order valence-corrected chi connectivity index (χ1v) is 7.48. The van der Waals surface area contributed by atoms with E-state index in [0.29, 0.717) is 25.3 Å². The second-order valence-corrected chi connectivity index (χ2v) is 5.27. The van der Waals surface area contributed by atoms with Gasteiger partial charge in [0, 0.05) is 38.3 Å². The van der Waals surface area contributed by atoms with Gasteiger partial charge in [0.25, 0.3) is 5.69 Å². The molecular weight excluding hydrogens is 286 g/mol. The number of carbonyl (C=O) groups excluding carboxylic acids is 1. The molecule has 1 fully saturated rings. The fourth-order valence-electron chi connectivity index (χ4n) is 2.51. The van der Waals surface area contributed by atoms with Gasteiger partial charge in [0.05, 0.1) is 11.5 Å². The van der Waals surface area contributed by atoms with Gasteiger partial charge in [-0.2, -0.15) is 0 Å². The highest BCUT2D eigenvalue weighted by Crippen LogP contribution is 2.31. The van der Waals surface area contributed by atoms with Crippen molar-refractivity contribution in [3.63, 3.8) is 0 Å². The highest BCUT2D eigenvalue weighted by atomic mass is 16.6. The van der Waals surface area contributed by atoms with Crippen molar-refractivity contribution in [2.45, 2.75) is 26.2 Å². The average molecular weight is 307 g/mol. The van der Waals surface area contributed by atoms with Crippen LogP contribution < -0.4 is 10.2 Å². The smallest absolute Gasteiger partial charge is 0.302 e. The molecule has 0 amide bonds. The van der Waals surface area contributed by atoms with Gasteiger partial charge in [-0.15, -0.1) is 0 Å². The van der Waals surface area contributed by atoms with Crippen molar-refractivity contribution < 1.29 is 14.5 Å². The maximum Gasteiger partial charge on any atom is 0.302 e. The van der Waals surface area contributed by atoms with E-state index in [1.807, 2.05) is 6.07 Å². The first-order valence-electron chi connectivity index (χ1n) is 7.48. The minimum absolute atomic E-state index is 0.0652. The molecule has 0 saturated carbocycles. The maximum absolute atomic E-state index is 11.1. The molecule has 22 heavy (non-hydrogen) atoms. The molecule has 2 rings (SSSR count). The first kappa shape index (κ1) is 16.1. The Hall–Kier alpha value is -2.31. The number of esters is 1. The number of rotatable bonds is 7. The van der Waals surface area contributed by atoms with Gasteiger partial charge >= 0.3 is 5.97 Å². The van der Waals surface area contributed by atoms with E-state index in [2.05, 4.69) is 10.2 Å². The summed E-state index contributed by atoms with van der Waals surface area (Å²) in [4.78, 5) is 23.6. The third-order valence-electron chi connectivity index (χ3n) is 3.59. The van der Waals surface area contributed by atoms with Crippen molar-refractivity contribution in [3.05, 3.63) is 28.3 Å². The van der Waals surface area contributed by atoms with E-state index < -0.39 is 0 Å². The highest BCUT2D eigenvalue weighted by molar-refractivity contribution is 5.69. The Bertz CT molecular complexity index is 542. The van der Waals surface area contributed by atoms with Gasteiger partial charge in [-0.1, -0.05) is 0 Å². The van der Waals surface area contributed by atoms with E-state index in [1.165, 1.54) is 6.92 Å². The predicted molar refractivity (Wildman–Crippen MR) is 84.3 cm³/mol. The van der Waals surface area contributed by atoms with Gasteiger partial charge in [0.1, 0.15) is 5.69 Å². The van der Waals surface area contributed by atoms with Crippen molar-refractivity contribution in [2.75, 3.05) is 36.5 Å². The zero-order valence-electron chi connectivity index (χ0n) is 12.7. The first-order chi connectivity index (χ1) is 10.6. The molecule has 1 heterocycles. The Balaban J connectivity index is 2.00. The largest absolute Gasteiger partial charge is 0.466 e. The van der Waals surface area contributed by atoms with E-state index in [0.717, 1.165) is 31.6 Å². The van der Waals surface area contributed by atoms with Crippen molar-refractivity contribution in [1.29, 1.82) is 0 Å². The second kappa shape index (κ2) is 7.63. The third-order valence-corrected chi connectivity index (χ3v) is 3.59. The van der Waals surface area contributed by atoms with Crippen LogP contribution in [0.2, 0.25) is 0 Å². The summed E-state index contributed by atoms with van der Waals surface area (Å²) in [6.07, 6.45) is 2.91. The lowest BCUT2D eigenvalue weighted by Crippen LogP contribution is -2.18. The molecule has 1 aromatic carbocycles. The summed E-state index contributed by atoms with van der Waals surface area (Å²) in [5.74, 6) is -0.318. The lowest BCUT2D eigenvalue weighted by atomic mass is 10.2. The molecule has 0 atom stereocenters. The summed E-state index contributed by atoms with van der Waals surface area (Å²) < 4.78 is 4.84. The summed E-state index contributed by atoms with van der Waals surface area (Å²) >= 11 is 0. The molecular formula is C15H21N3O4. The van der Waals surface area contributed by atoms with Crippen LogP contribution in [0.25, 0.3) is 0 Å². The molecule has 1 saturated heterocycles. The monoisotopic (exact) mass is 307 g/mol. The highest BCUT2D eigenvalue weighted by Gasteiger charge is 2.18. The van der Waals surface area contributed by atoms with E-state index in [9.17, 15) is 14.9 Å². The third kappa shape index (κ3) is 4.34. The van der Waals surface area contributed by atoms with Gasteiger partial charge < -0.3 is 15.0 Å². The lowest BCUT2D eigenvalue weighted by molar-refractivity contribution is -0.383. The maximum atomic E-state index is 11.1. The Kier molecular flexibility index (Phi) is 5.57. The summed E-state index contributed by atoms with van der Waals surface area (Å²) in [7, 11) is 0. The van der Waals surface area contributed by atoms with Crippen LogP contribution in [0.15, 0.2) is 18.2 Å². The summed E-state index contributed by atoms with van der Waals surface area (Å²) in [6.45, 7) is 4.16. The van der Waals surface area contributed by atoms with Crippen molar-refractivity contribution >= 4 is 23.0 Å². The number of nitro benzene ring substituents is 1. The van der Waals surface area contributed by atoms with Crippen LogP contribution in [0, 0.1) is 10.1 Å². The van der Waals surface area contributed by atoms with Crippen molar-refractivity contribution in [1.82, 2.24) is 0 Å². The molecule has 7 heteroatoms. The van der Waals surface area contributed by atoms with Crippen LogP contribution in [0.1, 0.15) is 26.2 Å². The molecule has 0 bridgehead atoms. The van der Waals surface area contributed by atoms with Gasteiger partial charge in [-0.3, -0.25) is 14.9 Å². The van der Waals surface area contributed by atoms with Crippen molar-refractivity contribution in [2.24, 2.45) is 0 Å². The molecule has 1 aliphatic rings. The number of carbonyl (C=O) groups is 1. The number of hydrogen-bond donors (Lipinski definition) is 1. The molecule has 0 spiro atoms. The number of hydrogen-bond acceptors (Lipinski definition) is 6. The van der Waals surface area contributed by atoms with Crippen LogP contribution in [0.4, 0.5) is 17.1 Å². The molecule has 0 radical (unpaired) electrons. The summed E-state index contributed by atoms with van der Waals surface area (Å²) in [6, 6.07) is 5.17. The van der Waals surface area contributed by atoms with Gasteiger partial charge in [-0.25, -0.2) is 0 Å². The Morgan fingerprint density at radius 2 is 2.14 bits per heavy atom. The van der Waals surface area contributed by atoms with Gasteiger partial charge in [-0.05, 0) is 31.4 Å². The molecule has 0 unspecified atom stereocenters. The van der Waals surface area contributed by atoms with E-state index in [-0.39, 0.29) is 16.6 Å².